The van der Waals surface area contributed by atoms with Crippen molar-refractivity contribution in [2.45, 2.75) is 18.7 Å². The summed E-state index contributed by atoms with van der Waals surface area (Å²) < 4.78 is 32.5. The highest BCUT2D eigenvalue weighted by Crippen LogP contribution is 2.21. The predicted octanol–water partition coefficient (Wildman–Crippen LogP) is 2.96. The molecule has 1 N–H and O–H groups in total. The lowest BCUT2D eigenvalue weighted by atomic mass is 10.2. The molecule has 0 saturated carbocycles. The van der Waals surface area contributed by atoms with Crippen LogP contribution in [0.2, 0.25) is 0 Å². The summed E-state index contributed by atoms with van der Waals surface area (Å²) in [5.74, 6) is -0.884. The van der Waals surface area contributed by atoms with Crippen LogP contribution in [0.25, 0.3) is 0 Å². The predicted molar refractivity (Wildman–Crippen MR) is 122 cm³/mol. The molecule has 1 saturated heterocycles. The molecule has 0 atom stereocenters. The first-order chi connectivity index (χ1) is 15.2. The third kappa shape index (κ3) is 5.35. The number of piperazine rings is 1. The number of nitrogens with zero attached hydrogens (tertiary/aromatic N) is 2. The van der Waals surface area contributed by atoms with Gasteiger partial charge in [-0.3, -0.25) is 4.79 Å². The van der Waals surface area contributed by atoms with Gasteiger partial charge in [-0.05, 0) is 56.3 Å². The average Bonchev–Trinajstić information content (AvgIpc) is 2.80. The number of carbonyl (C=O) groups is 2. The Morgan fingerprint density at radius 2 is 1.69 bits per heavy atom. The van der Waals surface area contributed by atoms with Gasteiger partial charge >= 0.3 is 5.97 Å². The minimum atomic E-state index is -3.72. The van der Waals surface area contributed by atoms with E-state index >= 15 is 0 Å². The van der Waals surface area contributed by atoms with Gasteiger partial charge in [0.15, 0.2) is 0 Å². The van der Waals surface area contributed by atoms with Crippen LogP contribution in [0, 0.1) is 0 Å². The smallest absolute Gasteiger partial charge is 0.338 e. The van der Waals surface area contributed by atoms with Crippen molar-refractivity contribution in [3.8, 4) is 0 Å². The molecule has 2 aromatic carbocycles. The molecule has 1 aliphatic rings. The van der Waals surface area contributed by atoms with Crippen LogP contribution in [0.4, 0.5) is 5.69 Å². The van der Waals surface area contributed by atoms with Gasteiger partial charge in [-0.15, -0.1) is 0 Å². The van der Waals surface area contributed by atoms with Crippen LogP contribution in [0.15, 0.2) is 65.7 Å². The monoisotopic (exact) mass is 457 g/mol. The summed E-state index contributed by atoms with van der Waals surface area (Å²) in [4.78, 5) is 26.5. The summed E-state index contributed by atoms with van der Waals surface area (Å²) >= 11 is 0. The lowest BCUT2D eigenvalue weighted by Crippen LogP contribution is -2.47. The number of hydrogen-bond acceptors (Lipinski definition) is 6. The molecule has 1 heterocycles. The molecule has 0 spiro atoms. The van der Waals surface area contributed by atoms with Crippen LogP contribution < -0.4 is 5.32 Å². The number of benzene rings is 2. The third-order valence-electron chi connectivity index (χ3n) is 5.17. The Morgan fingerprint density at radius 1 is 1.03 bits per heavy atom. The first-order valence-electron chi connectivity index (χ1n) is 10.3. The zero-order chi connectivity index (χ0) is 23.3. The Hall–Kier alpha value is -3.17. The Morgan fingerprint density at radius 3 is 2.28 bits per heavy atom. The second kappa shape index (κ2) is 9.97. The number of rotatable bonds is 7. The molecule has 170 valence electrons. The zero-order valence-corrected chi connectivity index (χ0v) is 19.0. The maximum absolute atomic E-state index is 13.1. The lowest BCUT2D eigenvalue weighted by molar-refractivity contribution is 0.0526. The van der Waals surface area contributed by atoms with E-state index in [2.05, 4.69) is 11.9 Å². The van der Waals surface area contributed by atoms with Gasteiger partial charge in [-0.1, -0.05) is 12.6 Å². The maximum atomic E-state index is 13.1. The molecule has 0 unspecified atom stereocenters. The molecule has 2 aromatic rings. The van der Waals surface area contributed by atoms with Gasteiger partial charge < -0.3 is 15.0 Å². The highest BCUT2D eigenvalue weighted by molar-refractivity contribution is 7.89. The van der Waals surface area contributed by atoms with Crippen LogP contribution in [-0.2, 0) is 14.8 Å². The van der Waals surface area contributed by atoms with E-state index in [1.807, 2.05) is 11.8 Å². The molecule has 1 amide bonds. The number of hydrogen-bond donors (Lipinski definition) is 1. The van der Waals surface area contributed by atoms with Crippen molar-refractivity contribution in [3.63, 3.8) is 0 Å². The van der Waals surface area contributed by atoms with Crippen molar-refractivity contribution in [1.29, 1.82) is 0 Å². The van der Waals surface area contributed by atoms with E-state index in [1.54, 1.807) is 43.3 Å². The summed E-state index contributed by atoms with van der Waals surface area (Å²) in [5, 5.41) is 2.72. The molecule has 0 bridgehead atoms. The molecule has 8 nitrogen and oxygen atoms in total. The summed E-state index contributed by atoms with van der Waals surface area (Å²) in [6, 6.07) is 12.3. The van der Waals surface area contributed by atoms with E-state index < -0.39 is 21.9 Å². The van der Waals surface area contributed by atoms with Crippen molar-refractivity contribution in [2.75, 3.05) is 38.1 Å². The van der Waals surface area contributed by atoms with Crippen molar-refractivity contribution < 1.29 is 22.7 Å². The number of ether oxygens (including phenoxy) is 1. The van der Waals surface area contributed by atoms with E-state index in [-0.39, 0.29) is 17.1 Å². The Balaban J connectivity index is 1.70. The number of allylic oxidation sites excluding steroid dienone is 1. The summed E-state index contributed by atoms with van der Waals surface area (Å²) in [7, 11) is -3.72. The molecule has 0 aliphatic carbocycles. The fraction of sp³-hybridized carbons (Fsp3) is 0.304. The van der Waals surface area contributed by atoms with Crippen molar-refractivity contribution in [2.24, 2.45) is 0 Å². The topological polar surface area (TPSA) is 96.0 Å². The van der Waals surface area contributed by atoms with E-state index in [4.69, 9.17) is 4.74 Å². The molecule has 1 aliphatic heterocycles. The van der Waals surface area contributed by atoms with Gasteiger partial charge in [-0.2, -0.15) is 4.31 Å². The second-order valence-corrected chi connectivity index (χ2v) is 9.34. The first kappa shape index (κ1) is 23.5. The minimum Gasteiger partial charge on any atom is -0.462 e. The van der Waals surface area contributed by atoms with Gasteiger partial charge in [0.2, 0.25) is 10.0 Å². The van der Waals surface area contributed by atoms with Gasteiger partial charge in [0, 0.05) is 43.1 Å². The SMILES string of the molecule is C=C(C)N1CCN(S(=O)(=O)c2cccc(C(=O)Nc3ccc(C(=O)OCC)cc3)c2)CC1. The third-order valence-corrected chi connectivity index (χ3v) is 7.06. The fourth-order valence-electron chi connectivity index (χ4n) is 3.36. The second-order valence-electron chi connectivity index (χ2n) is 7.41. The highest BCUT2D eigenvalue weighted by Gasteiger charge is 2.28. The summed E-state index contributed by atoms with van der Waals surface area (Å²) in [6.45, 7) is 9.68. The molecular weight excluding hydrogens is 430 g/mol. The Kier molecular flexibility index (Phi) is 7.32. The van der Waals surface area contributed by atoms with E-state index in [9.17, 15) is 18.0 Å². The van der Waals surface area contributed by atoms with E-state index in [1.165, 1.54) is 16.4 Å². The van der Waals surface area contributed by atoms with E-state index in [0.717, 1.165) is 5.70 Å². The van der Waals surface area contributed by atoms with Gasteiger partial charge in [0.1, 0.15) is 0 Å². The molecule has 9 heteroatoms. The van der Waals surface area contributed by atoms with Crippen LogP contribution in [0.5, 0.6) is 0 Å². The molecule has 0 aromatic heterocycles. The lowest BCUT2D eigenvalue weighted by Gasteiger charge is -2.35. The summed E-state index contributed by atoms with van der Waals surface area (Å²) in [6.07, 6.45) is 0. The van der Waals surface area contributed by atoms with Crippen LogP contribution in [-0.4, -0.2) is 62.3 Å². The van der Waals surface area contributed by atoms with Gasteiger partial charge in [-0.25, -0.2) is 13.2 Å². The standard InChI is InChI=1S/C23H27N3O5S/c1-4-31-23(28)18-8-10-20(11-9-18)24-22(27)19-6-5-7-21(16-19)32(29,30)26-14-12-25(13-15-26)17(2)3/h5-11,16H,2,4,12-15H2,1,3H3,(H,24,27). The quantitative estimate of drug-likeness (QED) is 0.643. The van der Waals surface area contributed by atoms with Crippen molar-refractivity contribution in [1.82, 2.24) is 9.21 Å². The molecule has 3 rings (SSSR count). The largest absolute Gasteiger partial charge is 0.462 e. The summed E-state index contributed by atoms with van der Waals surface area (Å²) in [5.41, 5.74) is 1.99. The first-order valence-corrected chi connectivity index (χ1v) is 11.8. The highest BCUT2D eigenvalue weighted by atomic mass is 32.2. The fourth-order valence-corrected chi connectivity index (χ4v) is 4.83. The molecule has 0 radical (unpaired) electrons. The Bertz CT molecular complexity index is 1100. The molecule has 32 heavy (non-hydrogen) atoms. The normalized spacial score (nSPS) is 14.6. The number of anilines is 1. The number of amides is 1. The van der Waals surface area contributed by atoms with Crippen molar-refractivity contribution >= 4 is 27.6 Å². The van der Waals surface area contributed by atoms with Gasteiger partial charge in [0.05, 0.1) is 17.1 Å². The Labute approximate surface area is 188 Å². The van der Waals surface area contributed by atoms with Crippen LogP contribution in [0.3, 0.4) is 0 Å². The number of sulfonamides is 1. The average molecular weight is 458 g/mol. The van der Waals surface area contributed by atoms with E-state index in [0.29, 0.717) is 37.4 Å². The van der Waals surface area contributed by atoms with Gasteiger partial charge in [0.25, 0.3) is 5.91 Å². The number of nitrogens with one attached hydrogen (secondary N) is 1. The molecular formula is C23H27N3O5S. The van der Waals surface area contributed by atoms with Crippen LogP contribution in [0.1, 0.15) is 34.6 Å². The zero-order valence-electron chi connectivity index (χ0n) is 18.2. The van der Waals surface area contributed by atoms with Crippen LogP contribution >= 0.6 is 0 Å². The van der Waals surface area contributed by atoms with Crippen molar-refractivity contribution in [3.05, 3.63) is 71.9 Å². The number of esters is 1. The minimum absolute atomic E-state index is 0.0755. The molecule has 1 fully saturated rings. The number of carbonyl (C=O) groups excluding carboxylic acids is 2. The maximum Gasteiger partial charge on any atom is 0.338 e.